The molecule has 1 atom stereocenters. The summed E-state index contributed by atoms with van der Waals surface area (Å²) < 4.78 is 20.7. The first kappa shape index (κ1) is 15.8. The van der Waals surface area contributed by atoms with Crippen LogP contribution in [-0.4, -0.2) is 41.0 Å². The predicted octanol–water partition coefficient (Wildman–Crippen LogP) is 0.662. The van der Waals surface area contributed by atoms with Crippen molar-refractivity contribution in [2.75, 3.05) is 20.0 Å². The van der Waals surface area contributed by atoms with Gasteiger partial charge in [-0.2, -0.15) is 0 Å². The molecule has 0 saturated carbocycles. The van der Waals surface area contributed by atoms with Crippen LogP contribution in [0.25, 0.3) is 0 Å². The van der Waals surface area contributed by atoms with Crippen molar-refractivity contribution in [1.29, 1.82) is 0 Å². The van der Waals surface area contributed by atoms with E-state index < -0.39 is 39.1 Å². The smallest absolute Gasteiger partial charge is 0.338 e. The topological polar surface area (TPSA) is 113 Å². The van der Waals surface area contributed by atoms with Crippen molar-refractivity contribution in [1.82, 2.24) is 0 Å². The average Bonchev–Trinajstić information content (AvgIpc) is 2.45. The number of esters is 2. The van der Waals surface area contributed by atoms with Crippen LogP contribution in [0.1, 0.15) is 10.4 Å². The van der Waals surface area contributed by atoms with Gasteiger partial charge >= 0.3 is 11.9 Å². The molecule has 9 heteroatoms. The molecule has 1 rings (SSSR count). The molecule has 0 aliphatic rings. The van der Waals surface area contributed by atoms with Gasteiger partial charge in [0, 0.05) is 6.07 Å². The third kappa shape index (κ3) is 3.60. The predicted molar refractivity (Wildman–Crippen MR) is 67.7 cm³/mol. The van der Waals surface area contributed by atoms with Crippen LogP contribution in [0.3, 0.4) is 0 Å². The number of ether oxygens (including phenoxy) is 2. The number of rotatable bonds is 5. The first-order chi connectivity index (χ1) is 9.40. The SMILES string of the molecule is COC(=O)CS(=O)c1ccc(C(=O)OC)cc1[N+](=O)[O-]. The summed E-state index contributed by atoms with van der Waals surface area (Å²) in [5.41, 5.74) is -0.562. The lowest BCUT2D eigenvalue weighted by Gasteiger charge is -2.04. The zero-order valence-corrected chi connectivity index (χ0v) is 11.5. The average molecular weight is 301 g/mol. The zero-order chi connectivity index (χ0) is 15.3. The Hall–Kier alpha value is -2.29. The molecule has 0 bridgehead atoms. The number of nitro benzene ring substituents is 1. The Morgan fingerprint density at radius 2 is 1.95 bits per heavy atom. The summed E-state index contributed by atoms with van der Waals surface area (Å²) >= 11 is 0. The lowest BCUT2D eigenvalue weighted by molar-refractivity contribution is -0.387. The molecule has 0 aliphatic carbocycles. The molecular formula is C11H11NO7S. The molecule has 8 nitrogen and oxygen atoms in total. The number of hydrogen-bond acceptors (Lipinski definition) is 7. The van der Waals surface area contributed by atoms with Gasteiger partial charge in [-0.25, -0.2) is 4.79 Å². The van der Waals surface area contributed by atoms with E-state index in [1.54, 1.807) is 0 Å². The fourth-order valence-corrected chi connectivity index (χ4v) is 2.42. The second-order valence-electron chi connectivity index (χ2n) is 3.50. The summed E-state index contributed by atoms with van der Waals surface area (Å²) in [7, 11) is 0.318. The fraction of sp³-hybridized carbons (Fsp3) is 0.273. The molecule has 0 aromatic heterocycles. The monoisotopic (exact) mass is 301 g/mol. The van der Waals surface area contributed by atoms with Crippen LogP contribution in [0.5, 0.6) is 0 Å². The van der Waals surface area contributed by atoms with Gasteiger partial charge in [0.2, 0.25) is 0 Å². The quantitative estimate of drug-likeness (QED) is 0.446. The van der Waals surface area contributed by atoms with E-state index in [0.717, 1.165) is 26.4 Å². The zero-order valence-electron chi connectivity index (χ0n) is 10.7. The number of nitro groups is 1. The minimum atomic E-state index is -1.94. The Balaban J connectivity index is 3.20. The van der Waals surface area contributed by atoms with Gasteiger partial charge in [0.15, 0.2) is 0 Å². The van der Waals surface area contributed by atoms with E-state index >= 15 is 0 Å². The molecular weight excluding hydrogens is 290 g/mol. The van der Waals surface area contributed by atoms with Crippen LogP contribution in [-0.2, 0) is 25.1 Å². The van der Waals surface area contributed by atoms with Crippen molar-refractivity contribution < 1.29 is 28.2 Å². The summed E-state index contributed by atoms with van der Waals surface area (Å²) in [4.78, 5) is 32.3. The van der Waals surface area contributed by atoms with Crippen molar-refractivity contribution in [3.8, 4) is 0 Å². The second-order valence-corrected chi connectivity index (χ2v) is 4.92. The van der Waals surface area contributed by atoms with Gasteiger partial charge in [-0.05, 0) is 12.1 Å². The Morgan fingerprint density at radius 1 is 1.30 bits per heavy atom. The Kier molecular flexibility index (Phi) is 5.32. The van der Waals surface area contributed by atoms with Gasteiger partial charge in [0.05, 0.1) is 35.5 Å². The van der Waals surface area contributed by atoms with Crippen LogP contribution in [0.2, 0.25) is 0 Å². The third-order valence-electron chi connectivity index (χ3n) is 2.30. The maximum atomic E-state index is 11.9. The fourth-order valence-electron chi connectivity index (χ4n) is 1.34. The highest BCUT2D eigenvalue weighted by atomic mass is 32.2. The number of nitrogens with zero attached hydrogens (tertiary/aromatic N) is 1. The molecule has 0 heterocycles. The van der Waals surface area contributed by atoms with E-state index in [-0.39, 0.29) is 10.5 Å². The number of carbonyl (C=O) groups is 2. The highest BCUT2D eigenvalue weighted by Gasteiger charge is 2.23. The molecule has 0 aliphatic heterocycles. The normalized spacial score (nSPS) is 11.5. The lowest BCUT2D eigenvalue weighted by Crippen LogP contribution is -2.13. The van der Waals surface area contributed by atoms with Gasteiger partial charge < -0.3 is 9.47 Å². The van der Waals surface area contributed by atoms with E-state index in [2.05, 4.69) is 9.47 Å². The highest BCUT2D eigenvalue weighted by molar-refractivity contribution is 7.85. The van der Waals surface area contributed by atoms with Crippen molar-refractivity contribution in [3.05, 3.63) is 33.9 Å². The standard InChI is InChI=1S/C11H11NO7S/c1-18-10(13)6-20(17)9-4-3-7(11(14)19-2)5-8(9)12(15)16/h3-5H,6H2,1-2H3. The molecule has 0 fully saturated rings. The van der Waals surface area contributed by atoms with E-state index in [4.69, 9.17) is 0 Å². The van der Waals surface area contributed by atoms with Crippen LogP contribution >= 0.6 is 0 Å². The third-order valence-corrected chi connectivity index (χ3v) is 3.63. The van der Waals surface area contributed by atoms with Crippen LogP contribution < -0.4 is 0 Å². The molecule has 1 aromatic rings. The minimum Gasteiger partial charge on any atom is -0.468 e. The van der Waals surface area contributed by atoms with Crippen molar-refractivity contribution >= 4 is 28.4 Å². The number of carbonyl (C=O) groups excluding carboxylic acids is 2. The van der Waals surface area contributed by atoms with Gasteiger partial charge in [-0.15, -0.1) is 0 Å². The van der Waals surface area contributed by atoms with Crippen LogP contribution in [0, 0.1) is 10.1 Å². The summed E-state index contributed by atoms with van der Waals surface area (Å²) in [6, 6.07) is 3.35. The second kappa shape index (κ2) is 6.75. The van der Waals surface area contributed by atoms with E-state index in [9.17, 15) is 23.9 Å². The van der Waals surface area contributed by atoms with Crippen LogP contribution in [0.15, 0.2) is 23.1 Å². The minimum absolute atomic E-state index is 0.0435. The molecule has 20 heavy (non-hydrogen) atoms. The molecule has 1 aromatic carbocycles. The largest absolute Gasteiger partial charge is 0.468 e. The summed E-state index contributed by atoms with van der Waals surface area (Å²) in [5, 5.41) is 10.9. The van der Waals surface area contributed by atoms with Gasteiger partial charge in [-0.1, -0.05) is 0 Å². The van der Waals surface area contributed by atoms with Gasteiger partial charge in [-0.3, -0.25) is 19.1 Å². The Bertz CT molecular complexity index is 584. The first-order valence-electron chi connectivity index (χ1n) is 5.22. The maximum absolute atomic E-state index is 11.9. The number of hydrogen-bond donors (Lipinski definition) is 0. The molecule has 0 spiro atoms. The Morgan fingerprint density at radius 3 is 2.45 bits per heavy atom. The highest BCUT2D eigenvalue weighted by Crippen LogP contribution is 2.24. The maximum Gasteiger partial charge on any atom is 0.338 e. The molecule has 0 N–H and O–H groups in total. The summed E-state index contributed by atoms with van der Waals surface area (Å²) in [6.07, 6.45) is 0. The van der Waals surface area contributed by atoms with Crippen molar-refractivity contribution in [3.63, 3.8) is 0 Å². The molecule has 0 amide bonds. The van der Waals surface area contributed by atoms with Gasteiger partial charge in [0.1, 0.15) is 10.6 Å². The van der Waals surface area contributed by atoms with Gasteiger partial charge in [0.25, 0.3) is 5.69 Å². The molecule has 0 radical (unpaired) electrons. The molecule has 1 unspecified atom stereocenters. The van der Waals surface area contributed by atoms with Crippen molar-refractivity contribution in [2.45, 2.75) is 4.90 Å². The van der Waals surface area contributed by atoms with Crippen molar-refractivity contribution in [2.24, 2.45) is 0 Å². The number of benzene rings is 1. The van der Waals surface area contributed by atoms with E-state index in [1.165, 1.54) is 6.07 Å². The number of methoxy groups -OCH3 is 2. The summed E-state index contributed by atoms with van der Waals surface area (Å²) in [6.45, 7) is 0. The Labute approximate surface area is 116 Å². The summed E-state index contributed by atoms with van der Waals surface area (Å²) in [5.74, 6) is -2.01. The van der Waals surface area contributed by atoms with E-state index in [0.29, 0.717) is 0 Å². The first-order valence-corrected chi connectivity index (χ1v) is 6.54. The van der Waals surface area contributed by atoms with Crippen LogP contribution in [0.4, 0.5) is 5.69 Å². The van der Waals surface area contributed by atoms with E-state index in [1.807, 2.05) is 0 Å². The molecule has 0 saturated heterocycles. The lowest BCUT2D eigenvalue weighted by atomic mass is 10.2. The molecule has 108 valence electrons.